The van der Waals surface area contributed by atoms with Gasteiger partial charge in [0.05, 0.1) is 13.2 Å². The molecule has 8 heteroatoms. The normalized spacial score (nSPS) is 20.9. The van der Waals surface area contributed by atoms with Crippen molar-refractivity contribution in [1.82, 2.24) is 10.6 Å². The third kappa shape index (κ3) is 7.04. The molecule has 0 aromatic heterocycles. The lowest BCUT2D eigenvalue weighted by molar-refractivity contribution is -0.277. The third-order valence-corrected chi connectivity index (χ3v) is 5.00. The van der Waals surface area contributed by atoms with Gasteiger partial charge in [-0.2, -0.15) is 0 Å². The molecule has 2 amide bonds. The van der Waals surface area contributed by atoms with E-state index in [-0.39, 0.29) is 24.9 Å². The summed E-state index contributed by atoms with van der Waals surface area (Å²) < 4.78 is 17.7. The molecule has 1 aliphatic rings. The van der Waals surface area contributed by atoms with Gasteiger partial charge in [0.2, 0.25) is 0 Å². The van der Waals surface area contributed by atoms with Gasteiger partial charge in [-0.05, 0) is 44.2 Å². The number of rotatable bonds is 6. The van der Waals surface area contributed by atoms with Gasteiger partial charge >= 0.3 is 0 Å². The maximum Gasteiger partial charge on any atom is 0.251 e. The zero-order chi connectivity index (χ0) is 22.3. The summed E-state index contributed by atoms with van der Waals surface area (Å²) in [4.78, 5) is 25.0. The van der Waals surface area contributed by atoms with Crippen LogP contribution in [0.2, 0.25) is 5.02 Å². The highest BCUT2D eigenvalue weighted by Gasteiger charge is 2.33. The highest BCUT2D eigenvalue weighted by molar-refractivity contribution is 6.30. The van der Waals surface area contributed by atoms with Crippen molar-refractivity contribution in [2.75, 3.05) is 26.3 Å². The quantitative estimate of drug-likeness (QED) is 0.712. The smallest absolute Gasteiger partial charge is 0.251 e. The molecular formula is C23H27ClN2O5. The van der Waals surface area contributed by atoms with Gasteiger partial charge < -0.3 is 24.8 Å². The van der Waals surface area contributed by atoms with Crippen LogP contribution in [0.3, 0.4) is 0 Å². The van der Waals surface area contributed by atoms with Gasteiger partial charge in [0, 0.05) is 29.2 Å². The predicted octanol–water partition coefficient (Wildman–Crippen LogP) is 3.04. The summed E-state index contributed by atoms with van der Waals surface area (Å²) in [5, 5.41) is 6.23. The number of carbonyl (C=O) groups is 2. The Balaban J connectivity index is 1.66. The van der Waals surface area contributed by atoms with E-state index >= 15 is 0 Å². The van der Waals surface area contributed by atoms with E-state index in [4.69, 9.17) is 25.8 Å². The molecule has 7 nitrogen and oxygen atoms in total. The molecule has 0 bridgehead atoms. The van der Waals surface area contributed by atoms with Crippen molar-refractivity contribution in [3.05, 3.63) is 70.7 Å². The zero-order valence-corrected chi connectivity index (χ0v) is 18.4. The van der Waals surface area contributed by atoms with E-state index in [0.29, 0.717) is 29.4 Å². The number of hydrogen-bond acceptors (Lipinski definition) is 5. The van der Waals surface area contributed by atoms with E-state index in [1.54, 1.807) is 48.5 Å². The van der Waals surface area contributed by atoms with Crippen molar-refractivity contribution < 1.29 is 23.8 Å². The first-order valence-electron chi connectivity index (χ1n) is 10.1. The van der Waals surface area contributed by atoms with Crippen LogP contribution in [0.1, 0.15) is 34.6 Å². The minimum atomic E-state index is -0.860. The molecule has 1 saturated heterocycles. The lowest BCUT2D eigenvalue weighted by Crippen LogP contribution is -2.52. The Morgan fingerprint density at radius 3 is 2.29 bits per heavy atom. The van der Waals surface area contributed by atoms with Crippen LogP contribution in [0.15, 0.2) is 54.6 Å². The summed E-state index contributed by atoms with van der Waals surface area (Å²) in [5.41, 5.74) is 1.01. The number of nitrogens with one attached hydrogen (secondary N) is 2. The topological polar surface area (TPSA) is 85.9 Å². The standard InChI is InChI=1S/C23H27ClN2O5/c1-23(2)30-12-11-29-19(14-25-22(28)17-9-6-10-18(24)13-17)20(31-23)15-26-21(27)16-7-4-3-5-8-16/h3-10,13,19-20H,11-12,14-15H2,1-2H3,(H,25,28)(H,26,27)/t19-,20+/m1/s1. The molecule has 1 heterocycles. The Morgan fingerprint density at radius 1 is 0.935 bits per heavy atom. The van der Waals surface area contributed by atoms with Crippen molar-refractivity contribution in [3.8, 4) is 0 Å². The highest BCUT2D eigenvalue weighted by Crippen LogP contribution is 2.20. The van der Waals surface area contributed by atoms with Gasteiger partial charge in [-0.25, -0.2) is 0 Å². The number of amides is 2. The van der Waals surface area contributed by atoms with Crippen LogP contribution in [0.4, 0.5) is 0 Å². The molecule has 2 N–H and O–H groups in total. The second kappa shape index (κ2) is 10.7. The Morgan fingerprint density at radius 2 is 1.58 bits per heavy atom. The highest BCUT2D eigenvalue weighted by atomic mass is 35.5. The first kappa shape index (κ1) is 23.2. The molecule has 2 aromatic rings. The van der Waals surface area contributed by atoms with Crippen molar-refractivity contribution in [2.24, 2.45) is 0 Å². The number of ether oxygens (including phenoxy) is 3. The van der Waals surface area contributed by atoms with E-state index in [9.17, 15) is 9.59 Å². The molecule has 0 saturated carbocycles. The molecular weight excluding hydrogens is 420 g/mol. The van der Waals surface area contributed by atoms with Crippen LogP contribution in [0.5, 0.6) is 0 Å². The second-order valence-electron chi connectivity index (χ2n) is 7.61. The summed E-state index contributed by atoms with van der Waals surface area (Å²) in [5.74, 6) is -1.34. The summed E-state index contributed by atoms with van der Waals surface area (Å²) in [7, 11) is 0. The molecule has 0 unspecified atom stereocenters. The molecule has 1 aliphatic heterocycles. The molecule has 2 atom stereocenters. The van der Waals surface area contributed by atoms with Crippen LogP contribution < -0.4 is 10.6 Å². The average molecular weight is 447 g/mol. The van der Waals surface area contributed by atoms with Gasteiger partial charge in [-0.1, -0.05) is 35.9 Å². The number of carbonyl (C=O) groups excluding carboxylic acids is 2. The predicted molar refractivity (Wildman–Crippen MR) is 117 cm³/mol. The number of hydrogen-bond donors (Lipinski definition) is 2. The summed E-state index contributed by atoms with van der Waals surface area (Å²) in [6.07, 6.45) is -1.02. The Hall–Kier alpha value is -2.45. The molecule has 166 valence electrons. The molecule has 1 fully saturated rings. The van der Waals surface area contributed by atoms with E-state index < -0.39 is 18.0 Å². The second-order valence-corrected chi connectivity index (χ2v) is 8.05. The van der Waals surface area contributed by atoms with Crippen molar-refractivity contribution in [3.63, 3.8) is 0 Å². The summed E-state index contributed by atoms with van der Waals surface area (Å²) in [6.45, 7) is 4.71. The Labute approximate surface area is 187 Å². The van der Waals surface area contributed by atoms with Crippen LogP contribution in [-0.4, -0.2) is 56.1 Å². The van der Waals surface area contributed by atoms with Gasteiger partial charge in [-0.15, -0.1) is 0 Å². The maximum absolute atomic E-state index is 12.5. The molecule has 0 aliphatic carbocycles. The number of halogens is 1. The monoisotopic (exact) mass is 446 g/mol. The number of benzene rings is 2. The molecule has 31 heavy (non-hydrogen) atoms. The van der Waals surface area contributed by atoms with E-state index in [1.807, 2.05) is 19.9 Å². The average Bonchev–Trinajstić information content (AvgIpc) is 2.75. The van der Waals surface area contributed by atoms with Gasteiger partial charge in [0.15, 0.2) is 5.79 Å². The molecule has 3 rings (SSSR count). The summed E-state index contributed by atoms with van der Waals surface area (Å²) >= 11 is 5.97. The van der Waals surface area contributed by atoms with E-state index in [1.165, 1.54) is 0 Å². The Bertz CT molecular complexity index is 891. The lowest BCUT2D eigenvalue weighted by atomic mass is 10.1. The summed E-state index contributed by atoms with van der Waals surface area (Å²) in [6, 6.07) is 15.6. The van der Waals surface area contributed by atoms with Gasteiger partial charge in [-0.3, -0.25) is 9.59 Å². The Kier molecular flexibility index (Phi) is 8.03. The van der Waals surface area contributed by atoms with Crippen LogP contribution in [0, 0.1) is 0 Å². The fourth-order valence-corrected chi connectivity index (χ4v) is 3.43. The SMILES string of the molecule is CC1(C)OCCO[C@H](CNC(=O)c2cccc(Cl)c2)[C@H](CNC(=O)c2ccccc2)O1. The minimum Gasteiger partial charge on any atom is -0.371 e. The van der Waals surface area contributed by atoms with Gasteiger partial charge in [0.25, 0.3) is 11.8 Å². The van der Waals surface area contributed by atoms with Crippen LogP contribution in [-0.2, 0) is 14.2 Å². The van der Waals surface area contributed by atoms with Crippen LogP contribution >= 0.6 is 11.6 Å². The fraction of sp³-hybridized carbons (Fsp3) is 0.391. The molecule has 2 aromatic carbocycles. The fourth-order valence-electron chi connectivity index (χ4n) is 3.24. The zero-order valence-electron chi connectivity index (χ0n) is 17.6. The van der Waals surface area contributed by atoms with Gasteiger partial charge in [0.1, 0.15) is 12.2 Å². The maximum atomic E-state index is 12.5. The molecule has 0 radical (unpaired) electrons. The lowest BCUT2D eigenvalue weighted by Gasteiger charge is -2.37. The van der Waals surface area contributed by atoms with Crippen molar-refractivity contribution in [2.45, 2.75) is 31.8 Å². The van der Waals surface area contributed by atoms with E-state index in [2.05, 4.69) is 10.6 Å². The first-order chi connectivity index (χ1) is 14.8. The first-order valence-corrected chi connectivity index (χ1v) is 10.5. The van der Waals surface area contributed by atoms with Crippen LogP contribution in [0.25, 0.3) is 0 Å². The van der Waals surface area contributed by atoms with Crippen molar-refractivity contribution >= 4 is 23.4 Å². The molecule has 0 spiro atoms. The van der Waals surface area contributed by atoms with Crippen molar-refractivity contribution in [1.29, 1.82) is 0 Å². The minimum absolute atomic E-state index is 0.193. The largest absolute Gasteiger partial charge is 0.371 e. The van der Waals surface area contributed by atoms with E-state index in [0.717, 1.165) is 0 Å². The third-order valence-electron chi connectivity index (χ3n) is 4.77.